The van der Waals surface area contributed by atoms with E-state index in [1.165, 1.54) is 0 Å². The molecular weight excluding hydrogens is 537 g/mol. The average molecular weight is 578 g/mol. The van der Waals surface area contributed by atoms with Crippen LogP contribution in [0.25, 0.3) is 0 Å². The van der Waals surface area contributed by atoms with E-state index in [0.717, 1.165) is 75.9 Å². The van der Waals surface area contributed by atoms with E-state index in [2.05, 4.69) is 25.7 Å². The Bertz CT molecular complexity index is 793. The summed E-state index contributed by atoms with van der Waals surface area (Å²) >= 11 is 0. The van der Waals surface area contributed by atoms with Gasteiger partial charge in [-0.15, -0.1) is 24.0 Å². The number of halogens is 1. The van der Waals surface area contributed by atoms with Gasteiger partial charge in [0.2, 0.25) is 0 Å². The van der Waals surface area contributed by atoms with Crippen molar-refractivity contribution < 1.29 is 14.3 Å². The van der Waals surface area contributed by atoms with Crippen LogP contribution in [0.15, 0.2) is 4.99 Å². The number of methoxy groups -OCH3 is 1. The minimum Gasteiger partial charge on any atom is -0.444 e. The highest BCUT2D eigenvalue weighted by Crippen LogP contribution is 2.21. The molecule has 2 aliphatic heterocycles. The van der Waals surface area contributed by atoms with Crippen molar-refractivity contribution >= 4 is 36.0 Å². The molecule has 0 bridgehead atoms. The summed E-state index contributed by atoms with van der Waals surface area (Å²) in [6, 6.07) is 0.253. The Morgan fingerprint density at radius 3 is 2.76 bits per heavy atom. The van der Waals surface area contributed by atoms with Crippen molar-refractivity contribution in [3.05, 3.63) is 11.6 Å². The molecule has 2 aliphatic rings. The maximum Gasteiger partial charge on any atom is 0.410 e. The monoisotopic (exact) mass is 577 g/mol. The number of hydrogen-bond acceptors (Lipinski definition) is 6. The molecule has 33 heavy (non-hydrogen) atoms. The number of fused-ring (bicyclic) bond motifs is 1. The number of nitrogens with one attached hydrogen (secondary N) is 2. The molecule has 1 amide bonds. The van der Waals surface area contributed by atoms with Gasteiger partial charge in [0, 0.05) is 46.3 Å². The summed E-state index contributed by atoms with van der Waals surface area (Å²) in [6.45, 7) is 9.26. The van der Waals surface area contributed by atoms with Crippen LogP contribution in [-0.2, 0) is 29.0 Å². The fourth-order valence-electron chi connectivity index (χ4n) is 4.24. The first-order valence-electron chi connectivity index (χ1n) is 11.6. The molecule has 2 atom stereocenters. The highest BCUT2D eigenvalue weighted by Gasteiger charge is 2.27. The Labute approximate surface area is 214 Å². The molecule has 0 aliphatic carbocycles. The lowest BCUT2D eigenvalue weighted by molar-refractivity contribution is 0.0162. The van der Waals surface area contributed by atoms with E-state index in [1.54, 1.807) is 14.2 Å². The highest BCUT2D eigenvalue weighted by atomic mass is 127. The Morgan fingerprint density at radius 1 is 1.27 bits per heavy atom. The van der Waals surface area contributed by atoms with Crippen LogP contribution in [-0.4, -0.2) is 77.2 Å². The largest absolute Gasteiger partial charge is 0.444 e. The summed E-state index contributed by atoms with van der Waals surface area (Å²) < 4.78 is 12.6. The number of carbonyl (C=O) groups excluding carboxylic acids is 1. The van der Waals surface area contributed by atoms with E-state index in [-0.39, 0.29) is 36.1 Å². The second-order valence-electron chi connectivity index (χ2n) is 9.66. The lowest BCUT2D eigenvalue weighted by atomic mass is 9.95. The van der Waals surface area contributed by atoms with Crippen molar-refractivity contribution in [3.63, 3.8) is 0 Å². The Kier molecular flexibility index (Phi) is 10.6. The topological polar surface area (TPSA) is 106 Å². The van der Waals surface area contributed by atoms with Crippen molar-refractivity contribution in [1.29, 1.82) is 0 Å². The van der Waals surface area contributed by atoms with Gasteiger partial charge in [0.15, 0.2) is 11.8 Å². The van der Waals surface area contributed by atoms with Crippen LogP contribution >= 0.6 is 24.0 Å². The fraction of sp³-hybridized carbons (Fsp3) is 0.818. The normalized spacial score (nSPS) is 21.1. The van der Waals surface area contributed by atoms with Gasteiger partial charge < -0.3 is 25.0 Å². The van der Waals surface area contributed by atoms with Crippen molar-refractivity contribution in [2.75, 3.05) is 33.8 Å². The predicted octanol–water partition coefficient (Wildman–Crippen LogP) is 2.56. The second kappa shape index (κ2) is 12.7. The SMILES string of the molecule is CN=C(NCCC1CCCN(C(=O)OC(C)(C)C)C1)NC1CCc2nc(COC)nn2C1.I. The predicted molar refractivity (Wildman–Crippen MR) is 138 cm³/mol. The van der Waals surface area contributed by atoms with Crippen LogP contribution in [0, 0.1) is 5.92 Å². The number of guanidine groups is 1. The van der Waals surface area contributed by atoms with Gasteiger partial charge in [-0.1, -0.05) is 0 Å². The van der Waals surface area contributed by atoms with Crippen LogP contribution in [0.5, 0.6) is 0 Å². The molecule has 0 aromatic carbocycles. The quantitative estimate of drug-likeness (QED) is 0.304. The van der Waals surface area contributed by atoms with Crippen LogP contribution in [0.4, 0.5) is 4.79 Å². The van der Waals surface area contributed by atoms with Gasteiger partial charge in [0.1, 0.15) is 18.0 Å². The first-order valence-corrected chi connectivity index (χ1v) is 11.6. The van der Waals surface area contributed by atoms with Gasteiger partial charge in [-0.05, 0) is 52.4 Å². The van der Waals surface area contributed by atoms with Crippen LogP contribution in [0.2, 0.25) is 0 Å². The molecule has 1 aromatic rings. The van der Waals surface area contributed by atoms with E-state index >= 15 is 0 Å². The maximum absolute atomic E-state index is 12.4. The summed E-state index contributed by atoms with van der Waals surface area (Å²) in [6.07, 6.45) is 4.80. The molecule has 188 valence electrons. The van der Waals surface area contributed by atoms with E-state index < -0.39 is 5.60 Å². The molecule has 1 saturated heterocycles. The zero-order valence-corrected chi connectivity index (χ0v) is 22.9. The van der Waals surface area contributed by atoms with E-state index in [1.807, 2.05) is 30.4 Å². The third-order valence-electron chi connectivity index (χ3n) is 5.76. The first-order chi connectivity index (χ1) is 15.3. The maximum atomic E-state index is 12.4. The number of nitrogens with zero attached hydrogens (tertiary/aromatic N) is 5. The summed E-state index contributed by atoms with van der Waals surface area (Å²) in [5.41, 5.74) is -0.457. The molecule has 3 rings (SSSR count). The fourth-order valence-corrected chi connectivity index (χ4v) is 4.24. The lowest BCUT2D eigenvalue weighted by Crippen LogP contribution is -2.48. The zero-order valence-electron chi connectivity index (χ0n) is 20.6. The lowest BCUT2D eigenvalue weighted by Gasteiger charge is -2.34. The standard InChI is InChI=1S/C22H39N7O3.HI/c1-22(2,3)32-21(30)28-12-6-7-16(13-28)10-11-24-20(23-4)25-17-8-9-19-26-18(15-31-5)27-29(19)14-17;/h16-17H,6-15H2,1-5H3,(H2,23,24,25);1H. The van der Waals surface area contributed by atoms with Crippen LogP contribution in [0.1, 0.15) is 58.1 Å². The van der Waals surface area contributed by atoms with E-state index in [4.69, 9.17) is 9.47 Å². The summed E-state index contributed by atoms with van der Waals surface area (Å²) in [4.78, 5) is 23.1. The number of hydrogen-bond donors (Lipinski definition) is 2. The molecule has 0 spiro atoms. The molecule has 11 heteroatoms. The van der Waals surface area contributed by atoms with Gasteiger partial charge in [-0.3, -0.25) is 4.99 Å². The van der Waals surface area contributed by atoms with Crippen LogP contribution in [0.3, 0.4) is 0 Å². The third kappa shape index (κ3) is 8.58. The Hall–Kier alpha value is -1.63. The summed E-state index contributed by atoms with van der Waals surface area (Å²) in [7, 11) is 3.45. The molecule has 3 heterocycles. The number of carbonyl (C=O) groups is 1. The number of rotatable bonds is 6. The number of ether oxygens (including phenoxy) is 2. The average Bonchev–Trinajstić information content (AvgIpc) is 3.14. The van der Waals surface area contributed by atoms with Crippen molar-refractivity contribution in [1.82, 2.24) is 30.3 Å². The molecule has 1 aromatic heterocycles. The minimum atomic E-state index is -0.457. The van der Waals surface area contributed by atoms with Gasteiger partial charge >= 0.3 is 6.09 Å². The molecule has 0 radical (unpaired) electrons. The molecule has 1 fully saturated rings. The molecule has 0 saturated carbocycles. The van der Waals surface area contributed by atoms with Crippen LogP contribution < -0.4 is 10.6 Å². The minimum absolute atomic E-state index is 0. The summed E-state index contributed by atoms with van der Waals surface area (Å²) in [5.74, 6) is 3.02. The highest BCUT2D eigenvalue weighted by molar-refractivity contribution is 14.0. The number of aromatic nitrogens is 3. The van der Waals surface area contributed by atoms with Crippen molar-refractivity contribution in [2.24, 2.45) is 10.9 Å². The summed E-state index contributed by atoms with van der Waals surface area (Å²) in [5, 5.41) is 11.5. The molecular formula is C22H40IN7O3. The van der Waals surface area contributed by atoms with Gasteiger partial charge in [-0.2, -0.15) is 5.10 Å². The van der Waals surface area contributed by atoms with Gasteiger partial charge in [0.25, 0.3) is 0 Å². The third-order valence-corrected chi connectivity index (χ3v) is 5.76. The molecule has 2 N–H and O–H groups in total. The number of amides is 1. The Morgan fingerprint density at radius 2 is 2.06 bits per heavy atom. The van der Waals surface area contributed by atoms with E-state index in [9.17, 15) is 4.79 Å². The zero-order chi connectivity index (χ0) is 23.1. The number of aliphatic imine (C=N–C) groups is 1. The van der Waals surface area contributed by atoms with Gasteiger partial charge in [-0.25, -0.2) is 14.5 Å². The van der Waals surface area contributed by atoms with E-state index in [0.29, 0.717) is 12.5 Å². The van der Waals surface area contributed by atoms with Crippen molar-refractivity contribution in [3.8, 4) is 0 Å². The first kappa shape index (κ1) is 27.6. The Balaban J connectivity index is 0.00000385. The van der Waals surface area contributed by atoms with Crippen molar-refractivity contribution in [2.45, 2.75) is 77.7 Å². The molecule has 10 nitrogen and oxygen atoms in total. The number of likely N-dealkylation sites (tertiary alicyclic amines) is 1. The number of aryl methyl sites for hydroxylation is 1. The second-order valence-corrected chi connectivity index (χ2v) is 9.66. The molecule has 2 unspecified atom stereocenters. The van der Waals surface area contributed by atoms with Gasteiger partial charge in [0.05, 0.1) is 6.54 Å². The number of piperidine rings is 1. The smallest absolute Gasteiger partial charge is 0.410 e.